The molecule has 0 aromatic rings. The summed E-state index contributed by atoms with van der Waals surface area (Å²) in [4.78, 5) is 0. The quantitative estimate of drug-likeness (QED) is 0.373. The van der Waals surface area contributed by atoms with E-state index >= 15 is 0 Å². The van der Waals surface area contributed by atoms with E-state index in [1.54, 1.807) is 0 Å². The van der Waals surface area contributed by atoms with E-state index in [0.717, 1.165) is 12.8 Å². The van der Waals surface area contributed by atoms with Crippen molar-refractivity contribution in [2.45, 2.75) is 117 Å². The molecule has 4 rings (SSSR count). The van der Waals surface area contributed by atoms with Crippen LogP contribution < -0.4 is 5.32 Å². The highest BCUT2D eigenvalue weighted by Gasteiger charge is 2.62. The maximum absolute atomic E-state index is 11.5. The first-order chi connectivity index (χ1) is 16.3. The van der Waals surface area contributed by atoms with Gasteiger partial charge in [-0.1, -0.05) is 34.6 Å². The number of hydrogen-bond acceptors (Lipinski definition) is 5. The fourth-order valence-electron chi connectivity index (χ4n) is 9.74. The van der Waals surface area contributed by atoms with Crippen molar-refractivity contribution in [1.29, 1.82) is 0 Å². The van der Waals surface area contributed by atoms with Crippen LogP contribution in [0.5, 0.6) is 0 Å². The standard InChI is InChI=1S/C28H51NO5S/c1-17(2)25(34-35(31,32)33)10-7-18(3)21-8-9-22-26-23(12-14-28(21,22)5)27(4)13-11-20(29-6)15-19(27)16-24(26)30/h17-26,29-30H,7-16H2,1-6H3,(H,31,32,33)/t18-,19-,20+,21-,22?,23?,24?,25+,26?,27+,28-/m1/s1. The molecule has 0 radical (unpaired) electrons. The number of aliphatic hydroxyl groups is 1. The van der Waals surface area contributed by atoms with Crippen LogP contribution in [0.4, 0.5) is 0 Å². The Kier molecular flexibility index (Phi) is 8.08. The third-order valence-corrected chi connectivity index (χ3v) is 12.2. The topological polar surface area (TPSA) is 95.9 Å². The molecule has 0 aliphatic heterocycles. The fraction of sp³-hybridized carbons (Fsp3) is 1.00. The summed E-state index contributed by atoms with van der Waals surface area (Å²) < 4.78 is 36.8. The molecule has 11 atom stereocenters. The van der Waals surface area contributed by atoms with E-state index in [0.29, 0.717) is 53.4 Å². The Balaban J connectivity index is 1.46. The second kappa shape index (κ2) is 10.2. The van der Waals surface area contributed by atoms with Gasteiger partial charge in [0.15, 0.2) is 0 Å². The highest BCUT2D eigenvalue weighted by Crippen LogP contribution is 2.68. The van der Waals surface area contributed by atoms with E-state index in [1.165, 1.54) is 44.9 Å². The summed E-state index contributed by atoms with van der Waals surface area (Å²) in [6, 6.07) is 0.599. The molecule has 4 unspecified atom stereocenters. The Morgan fingerprint density at radius 3 is 2.26 bits per heavy atom. The molecule has 35 heavy (non-hydrogen) atoms. The first-order valence-electron chi connectivity index (χ1n) is 14.3. The van der Waals surface area contributed by atoms with Crippen LogP contribution in [-0.4, -0.2) is 43.4 Å². The monoisotopic (exact) mass is 513 g/mol. The lowest BCUT2D eigenvalue weighted by Crippen LogP contribution is -2.59. The number of aliphatic hydroxyl groups excluding tert-OH is 1. The third kappa shape index (κ3) is 5.23. The molecule has 6 nitrogen and oxygen atoms in total. The maximum atomic E-state index is 11.5. The van der Waals surface area contributed by atoms with Crippen molar-refractivity contribution < 1.29 is 22.3 Å². The van der Waals surface area contributed by atoms with Gasteiger partial charge in [0.25, 0.3) is 0 Å². The molecule has 0 heterocycles. The first-order valence-corrected chi connectivity index (χ1v) is 15.7. The van der Waals surface area contributed by atoms with Crippen molar-refractivity contribution in [2.24, 2.45) is 52.3 Å². The predicted molar refractivity (Wildman–Crippen MR) is 139 cm³/mol. The van der Waals surface area contributed by atoms with Crippen LogP contribution in [-0.2, 0) is 14.6 Å². The minimum absolute atomic E-state index is 0.0237. The number of nitrogens with one attached hydrogen (secondary N) is 1. The van der Waals surface area contributed by atoms with Gasteiger partial charge in [0.05, 0.1) is 12.2 Å². The second-order valence-electron chi connectivity index (χ2n) is 13.6. The number of rotatable bonds is 8. The van der Waals surface area contributed by atoms with Crippen molar-refractivity contribution in [1.82, 2.24) is 5.32 Å². The van der Waals surface area contributed by atoms with Crippen molar-refractivity contribution in [3.05, 3.63) is 0 Å². The molecule has 4 aliphatic carbocycles. The maximum Gasteiger partial charge on any atom is 0.397 e. The highest BCUT2D eigenvalue weighted by molar-refractivity contribution is 7.80. The van der Waals surface area contributed by atoms with Crippen molar-refractivity contribution >= 4 is 10.4 Å². The van der Waals surface area contributed by atoms with Crippen LogP contribution in [0, 0.1) is 52.3 Å². The summed E-state index contributed by atoms with van der Waals surface area (Å²) in [6.07, 6.45) is 10.5. The van der Waals surface area contributed by atoms with Gasteiger partial charge < -0.3 is 10.4 Å². The van der Waals surface area contributed by atoms with Gasteiger partial charge in [-0.2, -0.15) is 8.42 Å². The van der Waals surface area contributed by atoms with Gasteiger partial charge in [0, 0.05) is 6.04 Å². The lowest BCUT2D eigenvalue weighted by molar-refractivity contribution is -0.166. The van der Waals surface area contributed by atoms with Crippen molar-refractivity contribution in [3.8, 4) is 0 Å². The van der Waals surface area contributed by atoms with Gasteiger partial charge in [-0.3, -0.25) is 4.55 Å². The molecular formula is C28H51NO5S. The van der Waals surface area contributed by atoms with E-state index in [2.05, 4.69) is 33.1 Å². The smallest absolute Gasteiger partial charge is 0.393 e. The summed E-state index contributed by atoms with van der Waals surface area (Å²) >= 11 is 0. The average Bonchev–Trinajstić information content (AvgIpc) is 3.13. The fourth-order valence-corrected chi connectivity index (χ4v) is 10.4. The average molecular weight is 514 g/mol. The SMILES string of the molecule is CN[C@H]1CC[C@]2(C)C3CC[C@@]4(C)C(CC[C@@H]4[C@H](C)CC[C@H](OS(=O)(=O)O)C(C)C)C3C(O)C[C@H]2C1. The molecule has 0 aromatic heterocycles. The van der Waals surface area contributed by atoms with Crippen LogP contribution in [0.3, 0.4) is 0 Å². The Labute approximate surface area is 214 Å². The summed E-state index contributed by atoms with van der Waals surface area (Å²) in [5.41, 5.74) is 0.601. The zero-order valence-corrected chi connectivity index (χ0v) is 23.7. The van der Waals surface area contributed by atoms with Crippen molar-refractivity contribution in [2.75, 3.05) is 7.05 Å². The van der Waals surface area contributed by atoms with Gasteiger partial charge in [-0.15, -0.1) is 0 Å². The van der Waals surface area contributed by atoms with E-state index in [1.807, 2.05) is 13.8 Å². The van der Waals surface area contributed by atoms with Crippen molar-refractivity contribution in [3.63, 3.8) is 0 Å². The summed E-state index contributed by atoms with van der Waals surface area (Å²) in [5, 5.41) is 15.0. The van der Waals surface area contributed by atoms with E-state index in [-0.39, 0.29) is 17.4 Å². The summed E-state index contributed by atoms with van der Waals surface area (Å²) in [6.45, 7) is 11.2. The van der Waals surface area contributed by atoms with Gasteiger partial charge in [0.1, 0.15) is 0 Å². The van der Waals surface area contributed by atoms with Crippen LogP contribution in [0.2, 0.25) is 0 Å². The molecule has 4 saturated carbocycles. The van der Waals surface area contributed by atoms with Crippen LogP contribution in [0.25, 0.3) is 0 Å². The zero-order valence-electron chi connectivity index (χ0n) is 22.9. The molecular weight excluding hydrogens is 462 g/mol. The molecule has 0 amide bonds. The lowest BCUT2D eigenvalue weighted by Gasteiger charge is -2.62. The minimum Gasteiger partial charge on any atom is -0.393 e. The van der Waals surface area contributed by atoms with E-state index in [4.69, 9.17) is 4.18 Å². The molecule has 4 fully saturated rings. The molecule has 0 bridgehead atoms. The number of hydrogen-bond donors (Lipinski definition) is 3. The van der Waals surface area contributed by atoms with E-state index in [9.17, 15) is 18.1 Å². The molecule has 4 aliphatic rings. The molecule has 3 N–H and O–H groups in total. The molecule has 0 saturated heterocycles. The third-order valence-electron chi connectivity index (χ3n) is 11.7. The summed E-state index contributed by atoms with van der Waals surface area (Å²) in [7, 11) is -2.36. The molecule has 204 valence electrons. The Bertz CT molecular complexity index is 848. The molecule has 7 heteroatoms. The minimum atomic E-state index is -4.44. The van der Waals surface area contributed by atoms with Crippen LogP contribution in [0.1, 0.15) is 98.8 Å². The Morgan fingerprint density at radius 2 is 1.63 bits per heavy atom. The largest absolute Gasteiger partial charge is 0.397 e. The Hall–Kier alpha value is -0.210. The van der Waals surface area contributed by atoms with Crippen LogP contribution in [0.15, 0.2) is 0 Å². The van der Waals surface area contributed by atoms with Gasteiger partial charge in [0.2, 0.25) is 0 Å². The van der Waals surface area contributed by atoms with Gasteiger partial charge in [-0.25, -0.2) is 4.18 Å². The van der Waals surface area contributed by atoms with Gasteiger partial charge >= 0.3 is 10.4 Å². The lowest BCUT2D eigenvalue weighted by atomic mass is 9.43. The van der Waals surface area contributed by atoms with Gasteiger partial charge in [-0.05, 0) is 124 Å². The van der Waals surface area contributed by atoms with Crippen LogP contribution >= 0.6 is 0 Å². The molecule has 0 aromatic carbocycles. The Morgan fingerprint density at radius 1 is 0.971 bits per heavy atom. The second-order valence-corrected chi connectivity index (χ2v) is 14.7. The first kappa shape index (κ1) is 27.8. The molecule has 0 spiro atoms. The normalized spacial score (nSPS) is 45.5. The van der Waals surface area contributed by atoms with E-state index < -0.39 is 16.5 Å². The zero-order chi connectivity index (χ0) is 25.8. The number of fused-ring (bicyclic) bond motifs is 5. The highest BCUT2D eigenvalue weighted by atomic mass is 32.3. The predicted octanol–water partition coefficient (Wildman–Crippen LogP) is 5.46. The summed E-state index contributed by atoms with van der Waals surface area (Å²) in [5.74, 6) is 3.34.